The number of nitrogens with one attached hydrogen (secondary N) is 1. The molecule has 2 aromatic rings. The zero-order chi connectivity index (χ0) is 21.8. The number of methoxy groups -OCH3 is 1. The van der Waals surface area contributed by atoms with Crippen molar-refractivity contribution in [1.82, 2.24) is 5.32 Å². The summed E-state index contributed by atoms with van der Waals surface area (Å²) in [6, 6.07) is 9.58. The van der Waals surface area contributed by atoms with E-state index in [1.54, 1.807) is 24.3 Å². The highest BCUT2D eigenvalue weighted by Gasteiger charge is 2.43. The second-order valence-electron chi connectivity index (χ2n) is 6.33. The van der Waals surface area contributed by atoms with Gasteiger partial charge in [-0.25, -0.2) is 8.42 Å². The second kappa shape index (κ2) is 8.82. The molecule has 2 aromatic carbocycles. The normalized spacial score (nSPS) is 13.2. The van der Waals surface area contributed by atoms with Crippen molar-refractivity contribution in [2.75, 3.05) is 7.11 Å². The van der Waals surface area contributed by atoms with E-state index < -0.39 is 37.9 Å². The molecule has 0 aliphatic carbocycles. The van der Waals surface area contributed by atoms with Crippen LogP contribution in [-0.4, -0.2) is 37.6 Å². The number of ether oxygens (including phenoxy) is 1. The number of benzene rings is 2. The van der Waals surface area contributed by atoms with Crippen molar-refractivity contribution in [1.29, 1.82) is 0 Å². The van der Waals surface area contributed by atoms with Crippen molar-refractivity contribution in [2.24, 2.45) is 0 Å². The van der Waals surface area contributed by atoms with Crippen molar-refractivity contribution in [3.05, 3.63) is 69.8 Å². The van der Waals surface area contributed by atoms with Gasteiger partial charge in [0.25, 0.3) is 5.69 Å². The van der Waals surface area contributed by atoms with Crippen LogP contribution in [0.2, 0.25) is 0 Å². The van der Waals surface area contributed by atoms with Gasteiger partial charge in [0, 0.05) is 19.1 Å². The molecule has 0 aliphatic heterocycles. The summed E-state index contributed by atoms with van der Waals surface area (Å²) in [5.74, 6) is -1.61. The van der Waals surface area contributed by atoms with Crippen LogP contribution in [0, 0.1) is 17.0 Å². The molecular formula is C19H20N2O7S. The second-order valence-corrected chi connectivity index (χ2v) is 8.40. The van der Waals surface area contributed by atoms with Crippen molar-refractivity contribution in [2.45, 2.75) is 30.0 Å². The fourth-order valence-corrected chi connectivity index (χ4v) is 4.53. The fraction of sp³-hybridized carbons (Fsp3) is 0.263. The Bertz CT molecular complexity index is 1020. The number of nitrogens with zero attached hydrogens (tertiary/aromatic N) is 1. The standard InChI is InChI=1S/C19H20N2O7S/c1-12-4-6-14(7-5-12)17(20-13(2)22)18(19(23)28-3)29(26,27)16-10-8-15(9-11-16)21(24)25/h4-11,17-18H,1-3H3,(H,20,22). The summed E-state index contributed by atoms with van der Waals surface area (Å²) in [5, 5.41) is 11.5. The van der Waals surface area contributed by atoms with Gasteiger partial charge in [0.15, 0.2) is 15.1 Å². The lowest BCUT2D eigenvalue weighted by molar-refractivity contribution is -0.384. The Labute approximate surface area is 167 Å². The maximum absolute atomic E-state index is 13.3. The third-order valence-electron chi connectivity index (χ3n) is 4.24. The highest BCUT2D eigenvalue weighted by atomic mass is 32.2. The Hall–Kier alpha value is -3.27. The van der Waals surface area contributed by atoms with Crippen LogP contribution in [0.15, 0.2) is 53.4 Å². The highest BCUT2D eigenvalue weighted by Crippen LogP contribution is 2.29. The number of rotatable bonds is 7. The van der Waals surface area contributed by atoms with Gasteiger partial charge in [0.05, 0.1) is 23.0 Å². The van der Waals surface area contributed by atoms with Crippen molar-refractivity contribution in [3.63, 3.8) is 0 Å². The number of esters is 1. The maximum atomic E-state index is 13.3. The molecule has 2 rings (SSSR count). The average Bonchev–Trinajstić information content (AvgIpc) is 2.67. The van der Waals surface area contributed by atoms with E-state index >= 15 is 0 Å². The number of hydrogen-bond acceptors (Lipinski definition) is 7. The van der Waals surface area contributed by atoms with Crippen LogP contribution < -0.4 is 5.32 Å². The number of amides is 1. The van der Waals surface area contributed by atoms with Crippen LogP contribution in [0.5, 0.6) is 0 Å². The number of non-ortho nitro benzene ring substituents is 1. The Morgan fingerprint density at radius 1 is 1.07 bits per heavy atom. The van der Waals surface area contributed by atoms with E-state index in [4.69, 9.17) is 4.74 Å². The van der Waals surface area contributed by atoms with Gasteiger partial charge >= 0.3 is 5.97 Å². The average molecular weight is 420 g/mol. The molecular weight excluding hydrogens is 400 g/mol. The largest absolute Gasteiger partial charge is 0.468 e. The molecule has 10 heteroatoms. The minimum atomic E-state index is -4.37. The van der Waals surface area contributed by atoms with E-state index in [-0.39, 0.29) is 10.6 Å². The topological polar surface area (TPSA) is 133 Å². The SMILES string of the molecule is COC(=O)C(C(NC(C)=O)c1ccc(C)cc1)S(=O)(=O)c1ccc([N+](=O)[O-])cc1. The Morgan fingerprint density at radius 3 is 2.07 bits per heavy atom. The first kappa shape index (κ1) is 22.0. The molecule has 2 atom stereocenters. The van der Waals surface area contributed by atoms with Crippen molar-refractivity contribution in [3.8, 4) is 0 Å². The van der Waals surface area contributed by atoms with Crippen molar-refractivity contribution < 1.29 is 27.7 Å². The van der Waals surface area contributed by atoms with Gasteiger partial charge in [-0.3, -0.25) is 19.7 Å². The summed E-state index contributed by atoms with van der Waals surface area (Å²) in [5.41, 5.74) is 1.00. The van der Waals surface area contributed by atoms with Gasteiger partial charge in [-0.05, 0) is 24.6 Å². The van der Waals surface area contributed by atoms with Gasteiger partial charge < -0.3 is 10.1 Å². The number of carbonyl (C=O) groups excluding carboxylic acids is 2. The predicted octanol–water partition coefficient (Wildman–Crippen LogP) is 2.10. The number of nitro benzene ring substituents is 1. The van der Waals surface area contributed by atoms with E-state index in [1.165, 1.54) is 6.92 Å². The Kier molecular flexibility index (Phi) is 6.70. The molecule has 0 bridgehead atoms. The summed E-state index contributed by atoms with van der Waals surface area (Å²) >= 11 is 0. The van der Waals surface area contributed by atoms with Gasteiger partial charge in [-0.1, -0.05) is 29.8 Å². The molecule has 154 valence electrons. The smallest absolute Gasteiger partial charge is 0.326 e. The lowest BCUT2D eigenvalue weighted by Crippen LogP contribution is -2.44. The van der Waals surface area contributed by atoms with Gasteiger partial charge in [-0.2, -0.15) is 0 Å². The molecule has 9 nitrogen and oxygen atoms in total. The molecule has 2 unspecified atom stereocenters. The summed E-state index contributed by atoms with van der Waals surface area (Å²) in [6.45, 7) is 3.04. The number of aryl methyl sites for hydroxylation is 1. The van der Waals surface area contributed by atoms with Gasteiger partial charge in [-0.15, -0.1) is 0 Å². The zero-order valence-corrected chi connectivity index (χ0v) is 16.8. The molecule has 0 heterocycles. The van der Waals surface area contributed by atoms with Gasteiger partial charge in [0.2, 0.25) is 5.91 Å². The first-order valence-electron chi connectivity index (χ1n) is 8.47. The number of sulfone groups is 1. The van der Waals surface area contributed by atoms with E-state index in [1.807, 2.05) is 6.92 Å². The Balaban J connectivity index is 2.61. The summed E-state index contributed by atoms with van der Waals surface area (Å²) in [6.07, 6.45) is 0. The summed E-state index contributed by atoms with van der Waals surface area (Å²) < 4.78 is 31.2. The molecule has 0 spiro atoms. The van der Waals surface area contributed by atoms with E-state index in [0.717, 1.165) is 36.9 Å². The molecule has 29 heavy (non-hydrogen) atoms. The molecule has 0 fully saturated rings. The monoisotopic (exact) mass is 420 g/mol. The number of carbonyl (C=O) groups is 2. The van der Waals surface area contributed by atoms with Gasteiger partial charge in [0.1, 0.15) is 0 Å². The van der Waals surface area contributed by atoms with Crippen LogP contribution >= 0.6 is 0 Å². The van der Waals surface area contributed by atoms with E-state index in [9.17, 15) is 28.1 Å². The molecule has 0 aromatic heterocycles. The summed E-state index contributed by atoms with van der Waals surface area (Å²) in [7, 11) is -3.33. The van der Waals surface area contributed by atoms with E-state index in [2.05, 4.69) is 5.32 Å². The van der Waals surface area contributed by atoms with Crippen molar-refractivity contribution >= 4 is 27.4 Å². The van der Waals surface area contributed by atoms with Crippen LogP contribution in [-0.2, 0) is 24.2 Å². The molecule has 0 radical (unpaired) electrons. The van der Waals surface area contributed by atoms with Crippen LogP contribution in [0.25, 0.3) is 0 Å². The van der Waals surface area contributed by atoms with E-state index in [0.29, 0.717) is 5.56 Å². The molecule has 0 aliphatic rings. The number of nitro groups is 1. The zero-order valence-electron chi connectivity index (χ0n) is 16.0. The minimum Gasteiger partial charge on any atom is -0.468 e. The third kappa shape index (κ3) is 4.96. The maximum Gasteiger partial charge on any atom is 0.326 e. The molecule has 0 saturated carbocycles. The molecule has 1 amide bonds. The highest BCUT2D eigenvalue weighted by molar-refractivity contribution is 7.92. The minimum absolute atomic E-state index is 0.296. The first-order chi connectivity index (χ1) is 13.6. The van der Waals surface area contributed by atoms with Crippen LogP contribution in [0.1, 0.15) is 24.1 Å². The molecule has 1 N–H and O–H groups in total. The van der Waals surface area contributed by atoms with Crippen LogP contribution in [0.3, 0.4) is 0 Å². The van der Waals surface area contributed by atoms with Crippen LogP contribution in [0.4, 0.5) is 5.69 Å². The third-order valence-corrected chi connectivity index (χ3v) is 6.30. The fourth-order valence-electron chi connectivity index (χ4n) is 2.79. The Morgan fingerprint density at radius 2 is 1.62 bits per heavy atom. The quantitative estimate of drug-likeness (QED) is 0.412. The first-order valence-corrected chi connectivity index (χ1v) is 10.0. The lowest BCUT2D eigenvalue weighted by atomic mass is 10.0. The molecule has 0 saturated heterocycles. The number of hydrogen-bond donors (Lipinski definition) is 1. The lowest BCUT2D eigenvalue weighted by Gasteiger charge is -2.26. The summed E-state index contributed by atoms with van der Waals surface area (Å²) in [4.78, 5) is 34.1. The predicted molar refractivity (Wildman–Crippen MR) is 104 cm³/mol.